The van der Waals surface area contributed by atoms with Gasteiger partial charge >= 0.3 is 6.18 Å². The van der Waals surface area contributed by atoms with E-state index in [0.29, 0.717) is 24.4 Å². The van der Waals surface area contributed by atoms with Gasteiger partial charge in [0.2, 0.25) is 0 Å². The summed E-state index contributed by atoms with van der Waals surface area (Å²) < 4.78 is 43.7. The van der Waals surface area contributed by atoms with Crippen LogP contribution in [0.5, 0.6) is 0 Å². The summed E-state index contributed by atoms with van der Waals surface area (Å²) in [5.74, 6) is 0.707. The van der Waals surface area contributed by atoms with Gasteiger partial charge in [-0.15, -0.1) is 0 Å². The van der Waals surface area contributed by atoms with Crippen LogP contribution in [0.25, 0.3) is 11.1 Å². The van der Waals surface area contributed by atoms with E-state index < -0.39 is 11.9 Å². The van der Waals surface area contributed by atoms with Crippen LogP contribution in [0.4, 0.5) is 19.0 Å². The Morgan fingerprint density at radius 3 is 2.58 bits per heavy atom. The summed E-state index contributed by atoms with van der Waals surface area (Å²) in [6.07, 6.45) is 0.437. The molecule has 1 aliphatic heterocycles. The van der Waals surface area contributed by atoms with Crippen molar-refractivity contribution in [2.45, 2.75) is 31.1 Å². The monoisotopic (exact) mass is 428 g/mol. The van der Waals surface area contributed by atoms with E-state index in [1.807, 2.05) is 30.3 Å². The van der Waals surface area contributed by atoms with Gasteiger partial charge in [-0.25, -0.2) is 9.97 Å². The Bertz CT molecular complexity index is 1080. The largest absolute Gasteiger partial charge is 0.459 e. The molecular weight excluding hydrogens is 409 g/mol. The van der Waals surface area contributed by atoms with Crippen molar-refractivity contribution in [1.29, 1.82) is 0 Å². The standard InChI is InChI=1S/C22H19F3N4O2/c23-22(24,25)18-10-27-19(11-26-18)28-16-8-13-9-17(16)29(12-13)21(30)20-15(6-7-31-20)14-4-2-1-3-5-14/h1-7,10-11,13,16-17H,8-9,12H2,(H,27,28)/t13-,16+,17-/m0/s1. The van der Waals surface area contributed by atoms with E-state index in [1.165, 1.54) is 6.26 Å². The maximum atomic E-state index is 13.3. The molecule has 1 saturated carbocycles. The number of benzene rings is 1. The molecule has 160 valence electrons. The number of hydrogen-bond acceptors (Lipinski definition) is 5. The van der Waals surface area contributed by atoms with E-state index >= 15 is 0 Å². The van der Waals surface area contributed by atoms with Gasteiger partial charge in [-0.2, -0.15) is 13.2 Å². The zero-order valence-corrected chi connectivity index (χ0v) is 16.3. The number of carbonyl (C=O) groups excluding carboxylic acids is 1. The van der Waals surface area contributed by atoms with Crippen LogP contribution in [-0.4, -0.2) is 39.4 Å². The number of nitrogens with zero attached hydrogens (tertiary/aromatic N) is 3. The van der Waals surface area contributed by atoms with Gasteiger partial charge in [0.25, 0.3) is 5.91 Å². The van der Waals surface area contributed by atoms with Crippen molar-refractivity contribution < 1.29 is 22.4 Å². The highest BCUT2D eigenvalue weighted by Gasteiger charge is 2.48. The second-order valence-electron chi connectivity index (χ2n) is 7.93. The number of amides is 1. The zero-order valence-electron chi connectivity index (χ0n) is 16.3. The summed E-state index contributed by atoms with van der Waals surface area (Å²) in [7, 11) is 0. The zero-order chi connectivity index (χ0) is 21.6. The fraction of sp³-hybridized carbons (Fsp3) is 0.318. The molecule has 1 aliphatic carbocycles. The molecule has 1 N–H and O–H groups in total. The van der Waals surface area contributed by atoms with Crippen LogP contribution in [0, 0.1) is 5.92 Å². The quantitative estimate of drug-likeness (QED) is 0.664. The van der Waals surface area contributed by atoms with Gasteiger partial charge in [0.05, 0.1) is 24.7 Å². The highest BCUT2D eigenvalue weighted by molar-refractivity contribution is 5.98. The third-order valence-electron chi connectivity index (χ3n) is 5.96. The number of nitrogens with one attached hydrogen (secondary N) is 1. The third kappa shape index (κ3) is 3.64. The topological polar surface area (TPSA) is 71.3 Å². The lowest BCUT2D eigenvalue weighted by Gasteiger charge is -2.33. The van der Waals surface area contributed by atoms with Crippen LogP contribution in [0.1, 0.15) is 29.1 Å². The summed E-state index contributed by atoms with van der Waals surface area (Å²) in [6.45, 7) is 0.634. The smallest absolute Gasteiger partial charge is 0.434 e. The molecule has 5 rings (SSSR count). The normalized spacial score (nSPS) is 22.7. The maximum absolute atomic E-state index is 13.3. The van der Waals surface area contributed by atoms with Crippen LogP contribution < -0.4 is 5.32 Å². The van der Waals surface area contributed by atoms with Gasteiger partial charge in [0, 0.05) is 18.2 Å². The van der Waals surface area contributed by atoms with Crippen LogP contribution in [0.2, 0.25) is 0 Å². The molecule has 1 aromatic carbocycles. The van der Waals surface area contributed by atoms with E-state index in [1.54, 1.807) is 11.0 Å². The molecule has 9 heteroatoms. The number of likely N-dealkylation sites (tertiary alicyclic amines) is 1. The van der Waals surface area contributed by atoms with Gasteiger partial charge in [-0.1, -0.05) is 30.3 Å². The van der Waals surface area contributed by atoms with Crippen LogP contribution in [0.3, 0.4) is 0 Å². The third-order valence-corrected chi connectivity index (χ3v) is 5.96. The van der Waals surface area contributed by atoms with Crippen molar-refractivity contribution in [3.05, 3.63) is 66.5 Å². The fourth-order valence-corrected chi connectivity index (χ4v) is 4.60. The molecule has 2 fully saturated rings. The molecule has 2 bridgehead atoms. The Balaban J connectivity index is 1.33. The first-order valence-corrected chi connectivity index (χ1v) is 10.00. The first-order chi connectivity index (χ1) is 14.9. The van der Waals surface area contributed by atoms with Crippen molar-refractivity contribution in [3.8, 4) is 11.1 Å². The highest BCUT2D eigenvalue weighted by atomic mass is 19.4. The summed E-state index contributed by atoms with van der Waals surface area (Å²) >= 11 is 0. The van der Waals surface area contributed by atoms with Crippen molar-refractivity contribution in [3.63, 3.8) is 0 Å². The fourth-order valence-electron chi connectivity index (χ4n) is 4.60. The van der Waals surface area contributed by atoms with Crippen LogP contribution in [-0.2, 0) is 6.18 Å². The number of hydrogen-bond donors (Lipinski definition) is 1. The molecule has 6 nitrogen and oxygen atoms in total. The minimum Gasteiger partial charge on any atom is -0.459 e. The number of alkyl halides is 3. The van der Waals surface area contributed by atoms with E-state index in [-0.39, 0.29) is 23.8 Å². The molecule has 2 aliphatic rings. The van der Waals surface area contributed by atoms with E-state index in [4.69, 9.17) is 4.42 Å². The first-order valence-electron chi connectivity index (χ1n) is 10.00. The predicted octanol–water partition coefficient (Wildman–Crippen LogP) is 4.47. The van der Waals surface area contributed by atoms with Crippen LogP contribution in [0.15, 0.2) is 59.5 Å². The second-order valence-corrected chi connectivity index (χ2v) is 7.93. The average molecular weight is 428 g/mol. The molecule has 31 heavy (non-hydrogen) atoms. The second kappa shape index (κ2) is 7.40. The molecular formula is C22H19F3N4O2. The Morgan fingerprint density at radius 1 is 1.10 bits per heavy atom. The molecule has 0 unspecified atom stereocenters. The Hall–Kier alpha value is -3.36. The molecule has 1 amide bonds. The maximum Gasteiger partial charge on any atom is 0.434 e. The number of carbonyl (C=O) groups is 1. The van der Waals surface area contributed by atoms with Gasteiger partial charge in [-0.3, -0.25) is 4.79 Å². The highest BCUT2D eigenvalue weighted by Crippen LogP contribution is 2.40. The number of rotatable bonds is 4. The summed E-state index contributed by atoms with van der Waals surface area (Å²) in [5.41, 5.74) is 0.610. The number of anilines is 1. The minimum atomic E-state index is -4.53. The van der Waals surface area contributed by atoms with E-state index in [2.05, 4.69) is 15.3 Å². The van der Waals surface area contributed by atoms with Crippen molar-refractivity contribution in [1.82, 2.24) is 14.9 Å². The summed E-state index contributed by atoms with van der Waals surface area (Å²) in [6, 6.07) is 11.1. The molecule has 2 aromatic heterocycles. The summed E-state index contributed by atoms with van der Waals surface area (Å²) in [5, 5.41) is 3.16. The Kier molecular flexibility index (Phi) is 4.68. The number of furan rings is 1. The Morgan fingerprint density at radius 2 is 1.90 bits per heavy atom. The molecule has 1 saturated heterocycles. The van der Waals surface area contributed by atoms with Gasteiger partial charge in [-0.05, 0) is 30.4 Å². The van der Waals surface area contributed by atoms with Crippen molar-refractivity contribution >= 4 is 11.7 Å². The van der Waals surface area contributed by atoms with Gasteiger partial charge in [0.15, 0.2) is 11.5 Å². The van der Waals surface area contributed by atoms with Crippen LogP contribution >= 0.6 is 0 Å². The van der Waals surface area contributed by atoms with Gasteiger partial charge < -0.3 is 14.6 Å². The van der Waals surface area contributed by atoms with Crippen molar-refractivity contribution in [2.24, 2.45) is 5.92 Å². The molecule has 3 atom stereocenters. The average Bonchev–Trinajstić information content (AvgIpc) is 3.49. The minimum absolute atomic E-state index is 0.0877. The number of fused-ring (bicyclic) bond motifs is 2. The molecule has 0 radical (unpaired) electrons. The van der Waals surface area contributed by atoms with E-state index in [0.717, 1.165) is 30.2 Å². The predicted molar refractivity (Wildman–Crippen MR) is 106 cm³/mol. The first kappa shape index (κ1) is 19.6. The number of aromatic nitrogens is 2. The Labute approximate surface area is 176 Å². The lowest BCUT2D eigenvalue weighted by Crippen LogP contribution is -2.47. The SMILES string of the molecule is O=C(c1occc1-c1ccccc1)N1C[C@H]2C[C@@H](Nc3cnc(C(F)(F)F)cn3)[C@@H]1C2. The number of halogens is 3. The molecule has 0 spiro atoms. The number of piperidine rings is 1. The lowest BCUT2D eigenvalue weighted by atomic mass is 10.0. The lowest BCUT2D eigenvalue weighted by molar-refractivity contribution is -0.141. The van der Waals surface area contributed by atoms with Crippen molar-refractivity contribution in [2.75, 3.05) is 11.9 Å². The summed E-state index contributed by atoms with van der Waals surface area (Å²) in [4.78, 5) is 22.4. The van der Waals surface area contributed by atoms with E-state index in [9.17, 15) is 18.0 Å². The molecule has 3 aromatic rings. The molecule has 3 heterocycles. The van der Waals surface area contributed by atoms with Gasteiger partial charge in [0.1, 0.15) is 5.82 Å².